The van der Waals surface area contributed by atoms with Gasteiger partial charge >= 0.3 is 12.1 Å². The summed E-state index contributed by atoms with van der Waals surface area (Å²) in [4.78, 5) is 61.4. The number of ketones is 2. The van der Waals surface area contributed by atoms with Gasteiger partial charge in [-0.1, -0.05) is 18.6 Å². The van der Waals surface area contributed by atoms with Crippen molar-refractivity contribution < 1.29 is 93.1 Å². The van der Waals surface area contributed by atoms with E-state index in [1.54, 1.807) is 27.7 Å². The number of carbonyl (C=O) groups excluding carboxylic acids is 4. The van der Waals surface area contributed by atoms with Crippen LogP contribution in [0.25, 0.3) is 0 Å². The first-order valence-corrected chi connectivity index (χ1v) is 19.0. The second-order valence-corrected chi connectivity index (χ2v) is 16.4. The van der Waals surface area contributed by atoms with Crippen molar-refractivity contribution in [2.75, 3.05) is 19.8 Å². The summed E-state index contributed by atoms with van der Waals surface area (Å²) < 4.78 is 45.9. The molecule has 7 N–H and O–H groups in total. The Labute approximate surface area is 336 Å². The van der Waals surface area contributed by atoms with Gasteiger partial charge in [0, 0.05) is 16.7 Å². The smallest absolute Gasteiger partial charge is 0.504 e. The van der Waals surface area contributed by atoms with Crippen molar-refractivity contribution in [3.8, 4) is 17.2 Å². The first kappa shape index (κ1) is 44.4. The topological polar surface area (TPSA) is 281 Å². The van der Waals surface area contributed by atoms with E-state index in [0.717, 1.165) is 12.1 Å². The van der Waals surface area contributed by atoms with E-state index in [-0.39, 0.29) is 50.1 Å². The maximum atomic E-state index is 17.7. The van der Waals surface area contributed by atoms with Crippen molar-refractivity contribution in [3.63, 3.8) is 0 Å². The quantitative estimate of drug-likeness (QED) is 0.0435. The Morgan fingerprint density at radius 3 is 2.44 bits per heavy atom. The number of phenolic OH excluding ortho intramolecular Hbond substituents is 2. The van der Waals surface area contributed by atoms with Crippen molar-refractivity contribution >= 4 is 23.7 Å². The van der Waals surface area contributed by atoms with Crippen LogP contribution in [0.1, 0.15) is 83.0 Å². The number of fused-ring (bicyclic) bond motifs is 7. The maximum Gasteiger partial charge on any atom is 0.514 e. The number of unbranched alkanes of at least 4 members (excludes halogenated alkanes) is 1. The third-order valence-corrected chi connectivity index (χ3v) is 12.6. The fourth-order valence-corrected chi connectivity index (χ4v) is 10.1. The summed E-state index contributed by atoms with van der Waals surface area (Å²) in [6, 6.07) is 1.73. The van der Waals surface area contributed by atoms with Crippen LogP contribution in [0, 0.1) is 22.7 Å². The van der Waals surface area contributed by atoms with Gasteiger partial charge in [0.2, 0.25) is 11.5 Å². The van der Waals surface area contributed by atoms with Gasteiger partial charge in [-0.15, -0.1) is 0 Å². The number of carbonyl (C=O) groups is 4. The zero-order valence-electron chi connectivity index (χ0n) is 32.7. The molecule has 4 aliphatic carbocycles. The van der Waals surface area contributed by atoms with Crippen molar-refractivity contribution in [1.29, 1.82) is 0 Å². The Kier molecular flexibility index (Phi) is 12.3. The van der Waals surface area contributed by atoms with Crippen LogP contribution in [0.5, 0.6) is 17.2 Å². The lowest BCUT2D eigenvalue weighted by Crippen LogP contribution is -2.70. The third-order valence-electron chi connectivity index (χ3n) is 12.6. The van der Waals surface area contributed by atoms with Gasteiger partial charge in [-0.25, -0.2) is 23.7 Å². The normalized spacial score (nSPS) is 33.4. The van der Waals surface area contributed by atoms with Gasteiger partial charge in [0.1, 0.15) is 12.7 Å². The summed E-state index contributed by atoms with van der Waals surface area (Å²) in [6.07, 6.45) is 0.383. The van der Waals surface area contributed by atoms with Crippen molar-refractivity contribution in [1.82, 2.24) is 10.8 Å². The SMILES string of the molecule is CC1(C)O[C@@H]2CC3C4CCC5=CC(=O)C=C[C@]5(C)[C@@]4(F)[C@@H](O)C[C@]3(C)[C@]2(C(=O)COC(=O)Oc2cc(C(=O)OCCCCC(CON(O)O)ON(O)O)cc(O)c2O)O1. The molecule has 0 radical (unpaired) electrons. The number of alkyl halides is 1. The number of halogens is 1. The van der Waals surface area contributed by atoms with E-state index < -0.39 is 117 Å². The molecule has 1 saturated heterocycles. The number of aliphatic hydroxyl groups excluding tert-OH is 1. The first-order chi connectivity index (χ1) is 27.6. The van der Waals surface area contributed by atoms with E-state index in [1.165, 1.54) is 18.2 Å². The van der Waals surface area contributed by atoms with Crippen LogP contribution >= 0.6 is 0 Å². The van der Waals surface area contributed by atoms with E-state index in [1.807, 2.05) is 0 Å². The number of esters is 1. The van der Waals surface area contributed by atoms with Crippen LogP contribution in [0.15, 0.2) is 35.9 Å². The molecular weight excluding hydrogens is 791 g/mol. The lowest BCUT2D eigenvalue weighted by Gasteiger charge is -2.62. The zero-order chi connectivity index (χ0) is 43.3. The highest BCUT2D eigenvalue weighted by molar-refractivity contribution is 6.01. The predicted octanol–water partition coefficient (Wildman–Crippen LogP) is 3.77. The summed E-state index contributed by atoms with van der Waals surface area (Å²) in [5.41, 5.74) is -6.23. The molecule has 3 saturated carbocycles. The van der Waals surface area contributed by atoms with Gasteiger partial charge < -0.3 is 39.0 Å². The Hall–Kier alpha value is -4.13. The summed E-state index contributed by atoms with van der Waals surface area (Å²) in [7, 11) is 0. The molecule has 59 heavy (non-hydrogen) atoms. The van der Waals surface area contributed by atoms with E-state index in [0.29, 0.717) is 18.4 Å². The lowest BCUT2D eigenvalue weighted by atomic mass is 9.44. The van der Waals surface area contributed by atoms with Crippen molar-refractivity contribution in [3.05, 3.63) is 41.5 Å². The van der Waals surface area contributed by atoms with Crippen LogP contribution in [0.4, 0.5) is 9.18 Å². The average molecular weight is 841 g/mol. The molecule has 326 valence electrons. The third kappa shape index (κ3) is 7.97. The highest BCUT2D eigenvalue weighted by Crippen LogP contribution is 2.72. The minimum absolute atomic E-state index is 0.0743. The molecule has 9 atom stereocenters. The standard InChI is InChI=1S/C38H49FN2O18/c1-34(2)57-30-16-25-24-9-8-21-15-22(42)10-11-35(21,3)37(24,39)28(44)17-36(25,4)38(30,59-34)29(45)19-54-33(48)56-27-14-20(13-26(43)31(27)46)32(47)53-12-6-5-7-23(58-41(51)52)18-55-40(49)50/h10-11,13-15,23-25,28,30,43-44,46,49-52H,5-9,12,16-19H2,1-4H3/t23?,24?,25?,28-,30+,35-,36-,37-,38+/m0/s1. The number of hydrogen-bond donors (Lipinski definition) is 7. The van der Waals surface area contributed by atoms with Crippen LogP contribution < -0.4 is 4.74 Å². The molecule has 6 rings (SSSR count). The van der Waals surface area contributed by atoms with E-state index in [9.17, 15) is 34.5 Å². The van der Waals surface area contributed by atoms with Crippen LogP contribution in [-0.4, -0.2) is 126 Å². The lowest BCUT2D eigenvalue weighted by molar-refractivity contribution is -0.527. The van der Waals surface area contributed by atoms with Gasteiger partial charge in [0.05, 0.1) is 35.2 Å². The van der Waals surface area contributed by atoms with Gasteiger partial charge in [-0.2, -0.15) is 0 Å². The average Bonchev–Trinajstić information content (AvgIpc) is 3.56. The largest absolute Gasteiger partial charge is 0.514 e. The number of ether oxygens (including phenoxy) is 5. The Bertz CT molecular complexity index is 1890. The van der Waals surface area contributed by atoms with Gasteiger partial charge in [0.15, 0.2) is 40.9 Å². The second-order valence-electron chi connectivity index (χ2n) is 16.4. The fraction of sp³-hybridized carbons (Fsp3) is 0.632. The molecule has 1 heterocycles. The van der Waals surface area contributed by atoms with Gasteiger partial charge in [-0.05, 0) is 95.9 Å². The van der Waals surface area contributed by atoms with Crippen LogP contribution in [-0.2, 0) is 38.2 Å². The molecule has 5 aliphatic rings. The number of hydrogen-bond acceptors (Lipinski definition) is 20. The van der Waals surface area contributed by atoms with Crippen LogP contribution in [0.2, 0.25) is 0 Å². The van der Waals surface area contributed by atoms with Gasteiger partial charge in [-0.3, -0.25) is 30.4 Å². The van der Waals surface area contributed by atoms with Crippen molar-refractivity contribution in [2.24, 2.45) is 22.7 Å². The number of aliphatic hydroxyl groups is 1. The Morgan fingerprint density at radius 2 is 1.75 bits per heavy atom. The van der Waals surface area contributed by atoms with E-state index >= 15 is 4.39 Å². The monoisotopic (exact) mass is 840 g/mol. The Balaban J connectivity index is 1.11. The first-order valence-electron chi connectivity index (χ1n) is 19.0. The summed E-state index contributed by atoms with van der Waals surface area (Å²) in [6.45, 7) is 5.00. The minimum atomic E-state index is -2.18. The summed E-state index contributed by atoms with van der Waals surface area (Å²) in [5.74, 6) is -7.12. The number of rotatable bonds is 15. The minimum Gasteiger partial charge on any atom is -0.504 e. The predicted molar refractivity (Wildman–Crippen MR) is 189 cm³/mol. The molecule has 1 aromatic rings. The van der Waals surface area contributed by atoms with Crippen LogP contribution in [0.3, 0.4) is 0 Å². The van der Waals surface area contributed by atoms with E-state index in [4.69, 9.17) is 44.5 Å². The molecule has 1 aromatic carbocycles. The number of aromatic hydroxyl groups is 2. The maximum absolute atomic E-state index is 17.7. The Morgan fingerprint density at radius 1 is 1.02 bits per heavy atom. The number of phenols is 2. The molecule has 4 fully saturated rings. The molecule has 21 heteroatoms. The van der Waals surface area contributed by atoms with Gasteiger partial charge in [0.25, 0.3) is 0 Å². The van der Waals surface area contributed by atoms with E-state index in [2.05, 4.69) is 9.68 Å². The molecule has 0 spiro atoms. The molecule has 3 unspecified atom stereocenters. The number of nitrogens with zero attached hydrogens (tertiary/aromatic N) is 2. The summed E-state index contributed by atoms with van der Waals surface area (Å²) in [5, 5.41) is 66.4. The highest BCUT2D eigenvalue weighted by atomic mass is 19.1. The number of benzene rings is 1. The highest BCUT2D eigenvalue weighted by Gasteiger charge is 2.80. The molecule has 0 amide bonds. The van der Waals surface area contributed by atoms with Crippen molar-refractivity contribution in [2.45, 2.75) is 108 Å². The molecule has 0 aromatic heterocycles. The number of allylic oxidation sites excluding steroid dienone is 4. The fourth-order valence-electron chi connectivity index (χ4n) is 10.1. The molecular formula is C38H49FN2O18. The molecule has 20 nitrogen and oxygen atoms in total. The number of Topliss-reactive ketones (excluding diaryl/α,β-unsaturated/α-hetero) is 1. The second kappa shape index (κ2) is 16.4. The molecule has 0 bridgehead atoms. The molecule has 1 aliphatic heterocycles. The zero-order valence-corrected chi connectivity index (χ0v) is 32.7. The summed E-state index contributed by atoms with van der Waals surface area (Å²) >= 11 is 0.